The zero-order valence-corrected chi connectivity index (χ0v) is 15.0. The van der Waals surface area contributed by atoms with Crippen LogP contribution in [0.2, 0.25) is 0 Å². The zero-order chi connectivity index (χ0) is 14.0. The first kappa shape index (κ1) is 17.1. The molecule has 6 heteroatoms. The van der Waals surface area contributed by atoms with Gasteiger partial charge in [-0.3, -0.25) is 4.79 Å². The van der Waals surface area contributed by atoms with Crippen LogP contribution in [-0.2, 0) is 10.3 Å². The smallest absolute Gasteiger partial charge is 0.222 e. The van der Waals surface area contributed by atoms with Gasteiger partial charge in [0.15, 0.2) is 0 Å². The van der Waals surface area contributed by atoms with E-state index in [0.717, 1.165) is 35.4 Å². The van der Waals surface area contributed by atoms with Gasteiger partial charge >= 0.3 is 0 Å². The van der Waals surface area contributed by atoms with Crippen LogP contribution in [0, 0.1) is 0 Å². The predicted octanol–water partition coefficient (Wildman–Crippen LogP) is 3.07. The quantitative estimate of drug-likeness (QED) is 0.829. The van der Waals surface area contributed by atoms with Crippen molar-refractivity contribution in [1.82, 2.24) is 10.6 Å². The normalized spacial score (nSPS) is 23.0. The summed E-state index contributed by atoms with van der Waals surface area (Å²) in [5.41, 5.74) is 1.11. The summed E-state index contributed by atoms with van der Waals surface area (Å²) in [6.45, 7) is 1.01. The van der Waals surface area contributed by atoms with Gasteiger partial charge in [-0.15, -0.1) is 12.4 Å². The summed E-state index contributed by atoms with van der Waals surface area (Å²) in [6.07, 6.45) is 2.67. The zero-order valence-electron chi connectivity index (χ0n) is 11.7. The molecule has 0 aromatic heterocycles. The van der Waals surface area contributed by atoms with Crippen LogP contribution in [-0.4, -0.2) is 30.0 Å². The van der Waals surface area contributed by atoms with E-state index in [0.29, 0.717) is 12.5 Å². The summed E-state index contributed by atoms with van der Waals surface area (Å²) in [7, 11) is 0. The molecular weight excluding hydrogens is 372 g/mol. The van der Waals surface area contributed by atoms with E-state index >= 15 is 0 Å². The van der Waals surface area contributed by atoms with E-state index in [1.807, 2.05) is 23.9 Å². The molecular formula is C15H20BrClN2OS. The van der Waals surface area contributed by atoms with Crippen LogP contribution >= 0.6 is 40.1 Å². The molecule has 1 atom stereocenters. The first-order valence-electron chi connectivity index (χ1n) is 7.06. The minimum absolute atomic E-state index is 0. The molecule has 0 bridgehead atoms. The summed E-state index contributed by atoms with van der Waals surface area (Å²) in [6, 6.07) is 8.59. The van der Waals surface area contributed by atoms with Gasteiger partial charge < -0.3 is 10.6 Å². The predicted molar refractivity (Wildman–Crippen MR) is 94.2 cm³/mol. The minimum Gasteiger partial charge on any atom is -0.347 e. The second kappa shape index (κ2) is 7.36. The number of hydrogen-bond donors (Lipinski definition) is 2. The summed E-state index contributed by atoms with van der Waals surface area (Å²) >= 11 is 5.43. The third-order valence-corrected chi connectivity index (χ3v) is 5.56. The van der Waals surface area contributed by atoms with Crippen molar-refractivity contribution in [2.24, 2.45) is 0 Å². The highest BCUT2D eigenvalue weighted by Gasteiger charge is 2.45. The fourth-order valence-electron chi connectivity index (χ4n) is 2.69. The van der Waals surface area contributed by atoms with Crippen LogP contribution in [0.1, 0.15) is 24.8 Å². The molecule has 2 N–H and O–H groups in total. The maximum absolute atomic E-state index is 12.3. The Labute approximate surface area is 144 Å². The monoisotopic (exact) mass is 390 g/mol. The van der Waals surface area contributed by atoms with E-state index < -0.39 is 0 Å². The second-order valence-electron chi connectivity index (χ2n) is 5.57. The van der Waals surface area contributed by atoms with Gasteiger partial charge in [-0.1, -0.05) is 28.1 Å². The van der Waals surface area contributed by atoms with Crippen LogP contribution in [0.3, 0.4) is 0 Å². The third kappa shape index (κ3) is 4.38. The third-order valence-electron chi connectivity index (χ3n) is 3.94. The van der Waals surface area contributed by atoms with Gasteiger partial charge in [0.05, 0.1) is 5.54 Å². The van der Waals surface area contributed by atoms with E-state index in [9.17, 15) is 4.79 Å². The highest BCUT2D eigenvalue weighted by atomic mass is 79.9. The standard InChI is InChI=1S/C15H19BrN2OS.ClH/c16-12-3-1-2-11(8-12)15(4-5-15)18-14(19)9-13-10-20-7-6-17-13;/h1-3,8,13,17H,4-7,9-10H2,(H,18,19);1H. The van der Waals surface area contributed by atoms with Gasteiger partial charge in [0.25, 0.3) is 0 Å². The number of hydrogen-bond acceptors (Lipinski definition) is 3. The summed E-state index contributed by atoms with van der Waals surface area (Å²) in [5.74, 6) is 2.36. The van der Waals surface area contributed by atoms with Crippen molar-refractivity contribution in [3.8, 4) is 0 Å². The molecule has 1 heterocycles. The van der Waals surface area contributed by atoms with Crippen molar-refractivity contribution in [3.05, 3.63) is 34.3 Å². The topological polar surface area (TPSA) is 41.1 Å². The minimum atomic E-state index is -0.108. The molecule has 1 aliphatic carbocycles. The Morgan fingerprint density at radius 2 is 2.29 bits per heavy atom. The highest BCUT2D eigenvalue weighted by molar-refractivity contribution is 9.10. The van der Waals surface area contributed by atoms with Gasteiger partial charge in [-0.05, 0) is 30.5 Å². The van der Waals surface area contributed by atoms with Gasteiger partial charge in [0.1, 0.15) is 0 Å². The second-order valence-corrected chi connectivity index (χ2v) is 7.64. The molecule has 3 rings (SSSR count). The molecule has 1 saturated heterocycles. The maximum Gasteiger partial charge on any atom is 0.222 e. The lowest BCUT2D eigenvalue weighted by atomic mass is 10.0. The number of amides is 1. The maximum atomic E-state index is 12.3. The SMILES string of the molecule is Cl.O=C(CC1CSCCN1)NC1(c2cccc(Br)c2)CC1. The molecule has 2 fully saturated rings. The van der Waals surface area contributed by atoms with Crippen LogP contribution < -0.4 is 10.6 Å². The number of thioether (sulfide) groups is 1. The molecule has 0 spiro atoms. The molecule has 0 radical (unpaired) electrons. The van der Waals surface area contributed by atoms with Crippen molar-refractivity contribution in [3.63, 3.8) is 0 Å². The molecule has 21 heavy (non-hydrogen) atoms. The number of benzene rings is 1. The van der Waals surface area contributed by atoms with Crippen molar-refractivity contribution in [1.29, 1.82) is 0 Å². The van der Waals surface area contributed by atoms with Crippen molar-refractivity contribution in [2.75, 3.05) is 18.1 Å². The molecule has 3 nitrogen and oxygen atoms in total. The van der Waals surface area contributed by atoms with Crippen LogP contribution in [0.5, 0.6) is 0 Å². The van der Waals surface area contributed by atoms with E-state index in [2.05, 4.69) is 38.7 Å². The average Bonchev–Trinajstić information content (AvgIpc) is 3.20. The average molecular weight is 392 g/mol. The number of halogens is 2. The highest BCUT2D eigenvalue weighted by Crippen LogP contribution is 2.46. The van der Waals surface area contributed by atoms with E-state index in [-0.39, 0.29) is 23.9 Å². The van der Waals surface area contributed by atoms with E-state index in [1.165, 1.54) is 5.56 Å². The number of carbonyl (C=O) groups excluding carboxylic acids is 1. The molecule has 116 valence electrons. The van der Waals surface area contributed by atoms with Gasteiger partial charge in [0.2, 0.25) is 5.91 Å². The van der Waals surface area contributed by atoms with Gasteiger partial charge in [0, 0.05) is 35.0 Å². The lowest BCUT2D eigenvalue weighted by Gasteiger charge is -2.24. The number of rotatable bonds is 4. The fourth-order valence-corrected chi connectivity index (χ4v) is 4.04. The van der Waals surface area contributed by atoms with Crippen LogP contribution in [0.25, 0.3) is 0 Å². The Bertz CT molecular complexity index is 504. The van der Waals surface area contributed by atoms with E-state index in [4.69, 9.17) is 0 Å². The van der Waals surface area contributed by atoms with Crippen molar-refractivity contribution >= 4 is 46.0 Å². The Kier molecular flexibility index (Phi) is 6.00. The lowest BCUT2D eigenvalue weighted by molar-refractivity contribution is -0.122. The largest absolute Gasteiger partial charge is 0.347 e. The number of carbonyl (C=O) groups is 1. The molecule has 1 aliphatic heterocycles. The van der Waals surface area contributed by atoms with Crippen LogP contribution in [0.15, 0.2) is 28.7 Å². The Morgan fingerprint density at radius 3 is 2.90 bits per heavy atom. The molecule has 1 saturated carbocycles. The summed E-state index contributed by atoms with van der Waals surface area (Å²) < 4.78 is 1.07. The molecule has 1 unspecified atom stereocenters. The summed E-state index contributed by atoms with van der Waals surface area (Å²) in [5, 5.41) is 6.67. The van der Waals surface area contributed by atoms with Crippen molar-refractivity contribution < 1.29 is 4.79 Å². The number of nitrogens with one attached hydrogen (secondary N) is 2. The van der Waals surface area contributed by atoms with Gasteiger partial charge in [-0.25, -0.2) is 0 Å². The Hall–Kier alpha value is -0.230. The molecule has 1 aromatic rings. The van der Waals surface area contributed by atoms with Crippen molar-refractivity contribution in [2.45, 2.75) is 30.8 Å². The molecule has 2 aliphatic rings. The summed E-state index contributed by atoms with van der Waals surface area (Å²) in [4.78, 5) is 12.3. The van der Waals surface area contributed by atoms with Gasteiger partial charge in [-0.2, -0.15) is 11.8 Å². The molecule has 1 aromatic carbocycles. The van der Waals surface area contributed by atoms with Crippen LogP contribution in [0.4, 0.5) is 0 Å². The Balaban J connectivity index is 0.00000161. The Morgan fingerprint density at radius 1 is 1.48 bits per heavy atom. The first-order valence-corrected chi connectivity index (χ1v) is 9.01. The fraction of sp³-hybridized carbons (Fsp3) is 0.533. The molecule has 1 amide bonds. The van der Waals surface area contributed by atoms with E-state index in [1.54, 1.807) is 0 Å². The lowest BCUT2D eigenvalue weighted by Crippen LogP contribution is -2.43. The first-order chi connectivity index (χ1) is 9.68.